The predicted octanol–water partition coefficient (Wildman–Crippen LogP) is 2.54. The molecule has 2 heterocycles. The van der Waals surface area contributed by atoms with Crippen molar-refractivity contribution in [3.63, 3.8) is 0 Å². The summed E-state index contributed by atoms with van der Waals surface area (Å²) in [6, 6.07) is 3.94. The average Bonchev–Trinajstić information content (AvgIpc) is 2.70. The lowest BCUT2D eigenvalue weighted by atomic mass is 10.2. The molecule has 2 aromatic heterocycles. The van der Waals surface area contributed by atoms with Crippen molar-refractivity contribution in [2.45, 2.75) is 6.92 Å². The number of carbonyl (C=O) groups excluding carboxylic acids is 1. The second-order valence-electron chi connectivity index (χ2n) is 3.75. The van der Waals surface area contributed by atoms with Gasteiger partial charge >= 0.3 is 5.97 Å². The molecule has 0 aliphatic heterocycles. The van der Waals surface area contributed by atoms with Gasteiger partial charge in [0.1, 0.15) is 4.88 Å². The van der Waals surface area contributed by atoms with Crippen LogP contribution in [0.3, 0.4) is 0 Å². The third-order valence-corrected chi connectivity index (χ3v) is 3.48. The van der Waals surface area contributed by atoms with E-state index in [1.807, 2.05) is 0 Å². The van der Waals surface area contributed by atoms with Gasteiger partial charge in [-0.1, -0.05) is 0 Å². The van der Waals surface area contributed by atoms with E-state index in [2.05, 4.69) is 10.3 Å². The van der Waals surface area contributed by atoms with E-state index >= 15 is 0 Å². The molecular weight excluding hydrogens is 271 g/mol. The molecule has 0 aliphatic rings. The normalized spacial score (nSPS) is 10.2. The van der Waals surface area contributed by atoms with Crippen LogP contribution < -0.4 is 5.32 Å². The van der Waals surface area contributed by atoms with Crippen LogP contribution in [0.15, 0.2) is 24.4 Å². The SMILES string of the molecule is Cc1cc(NC(=O)c2ccnc(F)c2)sc1C(=O)O. The maximum Gasteiger partial charge on any atom is 0.346 e. The van der Waals surface area contributed by atoms with Crippen LogP contribution in [-0.2, 0) is 0 Å². The van der Waals surface area contributed by atoms with Crippen LogP contribution in [0.25, 0.3) is 0 Å². The Morgan fingerprint density at radius 1 is 1.42 bits per heavy atom. The molecule has 0 radical (unpaired) electrons. The predicted molar refractivity (Wildman–Crippen MR) is 68.2 cm³/mol. The minimum absolute atomic E-state index is 0.121. The number of anilines is 1. The van der Waals surface area contributed by atoms with Crippen molar-refractivity contribution in [2.75, 3.05) is 5.32 Å². The van der Waals surface area contributed by atoms with Crippen LogP contribution in [-0.4, -0.2) is 22.0 Å². The molecule has 0 fully saturated rings. The Balaban J connectivity index is 2.20. The van der Waals surface area contributed by atoms with Gasteiger partial charge in [-0.2, -0.15) is 4.39 Å². The zero-order chi connectivity index (χ0) is 14.0. The van der Waals surface area contributed by atoms with Crippen LogP contribution >= 0.6 is 11.3 Å². The molecular formula is C12H9FN2O3S. The van der Waals surface area contributed by atoms with E-state index in [-0.39, 0.29) is 10.4 Å². The highest BCUT2D eigenvalue weighted by Gasteiger charge is 2.14. The van der Waals surface area contributed by atoms with Gasteiger partial charge in [0.05, 0.1) is 5.00 Å². The molecule has 2 aromatic rings. The van der Waals surface area contributed by atoms with Crippen molar-refractivity contribution >= 4 is 28.2 Å². The van der Waals surface area contributed by atoms with E-state index in [0.717, 1.165) is 17.4 Å². The monoisotopic (exact) mass is 280 g/mol. The van der Waals surface area contributed by atoms with Gasteiger partial charge in [-0.25, -0.2) is 9.78 Å². The van der Waals surface area contributed by atoms with E-state index in [0.29, 0.717) is 10.6 Å². The molecule has 1 amide bonds. The van der Waals surface area contributed by atoms with Gasteiger partial charge in [0.2, 0.25) is 5.95 Å². The Kier molecular flexibility index (Phi) is 3.57. The topological polar surface area (TPSA) is 79.3 Å². The third kappa shape index (κ3) is 2.94. The zero-order valence-corrected chi connectivity index (χ0v) is 10.6. The molecule has 0 bridgehead atoms. The Morgan fingerprint density at radius 3 is 2.74 bits per heavy atom. The van der Waals surface area contributed by atoms with Crippen LogP contribution in [0.1, 0.15) is 25.6 Å². The number of aryl methyl sites for hydroxylation is 1. The number of hydrogen-bond acceptors (Lipinski definition) is 4. The molecule has 2 N–H and O–H groups in total. The lowest BCUT2D eigenvalue weighted by Gasteiger charge is -2.01. The molecule has 19 heavy (non-hydrogen) atoms. The quantitative estimate of drug-likeness (QED) is 0.847. The zero-order valence-electron chi connectivity index (χ0n) is 9.81. The highest BCUT2D eigenvalue weighted by Crippen LogP contribution is 2.26. The smallest absolute Gasteiger partial charge is 0.346 e. The van der Waals surface area contributed by atoms with Crippen molar-refractivity contribution in [3.8, 4) is 0 Å². The fraction of sp³-hybridized carbons (Fsp3) is 0.0833. The summed E-state index contributed by atoms with van der Waals surface area (Å²) in [5.41, 5.74) is 0.684. The molecule has 0 aliphatic carbocycles. The first kappa shape index (κ1) is 13.2. The van der Waals surface area contributed by atoms with Gasteiger partial charge in [-0.15, -0.1) is 11.3 Å². The van der Waals surface area contributed by atoms with Gasteiger partial charge in [0.15, 0.2) is 0 Å². The number of thiophene rings is 1. The number of halogens is 1. The van der Waals surface area contributed by atoms with Crippen molar-refractivity contribution in [2.24, 2.45) is 0 Å². The summed E-state index contributed by atoms with van der Waals surface area (Å²) in [6.07, 6.45) is 1.19. The Bertz CT molecular complexity index is 654. The van der Waals surface area contributed by atoms with E-state index < -0.39 is 17.8 Å². The minimum atomic E-state index is -1.04. The maximum atomic E-state index is 12.9. The molecule has 7 heteroatoms. The first-order chi connectivity index (χ1) is 8.97. The molecule has 0 saturated heterocycles. The summed E-state index contributed by atoms with van der Waals surface area (Å²) in [5.74, 6) is -2.31. The Hall–Kier alpha value is -2.28. The summed E-state index contributed by atoms with van der Waals surface area (Å²) >= 11 is 0.954. The summed E-state index contributed by atoms with van der Waals surface area (Å²) < 4.78 is 12.9. The summed E-state index contributed by atoms with van der Waals surface area (Å²) in [6.45, 7) is 1.64. The summed E-state index contributed by atoms with van der Waals surface area (Å²) in [4.78, 5) is 26.2. The van der Waals surface area contributed by atoms with Crippen LogP contribution in [0, 0.1) is 12.9 Å². The lowest BCUT2D eigenvalue weighted by Crippen LogP contribution is -2.11. The number of carboxylic acids is 1. The highest BCUT2D eigenvalue weighted by atomic mass is 32.1. The fourth-order valence-electron chi connectivity index (χ4n) is 1.48. The average molecular weight is 280 g/mol. The number of pyridine rings is 1. The molecule has 98 valence electrons. The van der Waals surface area contributed by atoms with E-state index in [1.54, 1.807) is 13.0 Å². The van der Waals surface area contributed by atoms with Gasteiger partial charge < -0.3 is 10.4 Å². The number of nitrogens with one attached hydrogen (secondary N) is 1. The van der Waals surface area contributed by atoms with Crippen molar-refractivity contribution in [3.05, 3.63) is 46.3 Å². The highest BCUT2D eigenvalue weighted by molar-refractivity contribution is 7.18. The Morgan fingerprint density at radius 2 is 2.16 bits per heavy atom. The molecule has 0 unspecified atom stereocenters. The van der Waals surface area contributed by atoms with Crippen molar-refractivity contribution in [1.29, 1.82) is 0 Å². The molecule has 2 rings (SSSR count). The second kappa shape index (κ2) is 5.15. The third-order valence-electron chi connectivity index (χ3n) is 2.34. The van der Waals surface area contributed by atoms with Gasteiger partial charge in [-0.05, 0) is 24.6 Å². The van der Waals surface area contributed by atoms with E-state index in [9.17, 15) is 14.0 Å². The second-order valence-corrected chi connectivity index (χ2v) is 4.80. The number of carboxylic acid groups (broad SMARTS) is 1. The molecule has 5 nitrogen and oxygen atoms in total. The number of aromatic carboxylic acids is 1. The number of aromatic nitrogens is 1. The minimum Gasteiger partial charge on any atom is -0.477 e. The first-order valence-corrected chi connectivity index (χ1v) is 6.05. The summed E-state index contributed by atoms with van der Waals surface area (Å²) in [7, 11) is 0. The van der Waals surface area contributed by atoms with E-state index in [4.69, 9.17) is 5.11 Å². The molecule has 0 aromatic carbocycles. The number of nitrogens with zero attached hydrogens (tertiary/aromatic N) is 1. The van der Waals surface area contributed by atoms with Crippen LogP contribution in [0.4, 0.5) is 9.39 Å². The number of carbonyl (C=O) groups is 2. The lowest BCUT2D eigenvalue weighted by molar-refractivity contribution is 0.0701. The van der Waals surface area contributed by atoms with Crippen molar-refractivity contribution in [1.82, 2.24) is 4.98 Å². The molecule has 0 saturated carbocycles. The standard InChI is InChI=1S/C12H9FN2O3S/c1-6-4-9(19-10(6)12(17)18)15-11(16)7-2-3-14-8(13)5-7/h2-5H,1H3,(H,15,16)(H,17,18). The fourth-order valence-corrected chi connectivity index (χ4v) is 2.39. The van der Waals surface area contributed by atoms with E-state index in [1.165, 1.54) is 12.3 Å². The summed E-state index contributed by atoms with van der Waals surface area (Å²) in [5, 5.41) is 11.8. The van der Waals surface area contributed by atoms with Gasteiger partial charge in [0, 0.05) is 17.8 Å². The number of hydrogen-bond donors (Lipinski definition) is 2. The number of rotatable bonds is 3. The maximum absolute atomic E-state index is 12.9. The largest absolute Gasteiger partial charge is 0.477 e. The van der Waals surface area contributed by atoms with Crippen LogP contribution in [0.5, 0.6) is 0 Å². The molecule has 0 atom stereocenters. The molecule has 0 spiro atoms. The van der Waals surface area contributed by atoms with Crippen LogP contribution in [0.2, 0.25) is 0 Å². The first-order valence-electron chi connectivity index (χ1n) is 5.24. The van der Waals surface area contributed by atoms with Gasteiger partial charge in [-0.3, -0.25) is 4.79 Å². The Labute approximate surface area is 111 Å². The van der Waals surface area contributed by atoms with Crippen molar-refractivity contribution < 1.29 is 19.1 Å². The number of amides is 1. The van der Waals surface area contributed by atoms with Gasteiger partial charge in [0.25, 0.3) is 5.91 Å².